The van der Waals surface area contributed by atoms with Gasteiger partial charge in [-0.1, -0.05) is 13.0 Å². The summed E-state index contributed by atoms with van der Waals surface area (Å²) in [5.41, 5.74) is 1.21. The van der Waals surface area contributed by atoms with Crippen LogP contribution in [0.5, 0.6) is 0 Å². The number of hydrogen-bond acceptors (Lipinski definition) is 4. The summed E-state index contributed by atoms with van der Waals surface area (Å²) >= 11 is 0. The van der Waals surface area contributed by atoms with Gasteiger partial charge >= 0.3 is 0 Å². The number of sulfonamides is 1. The highest BCUT2D eigenvalue weighted by Gasteiger charge is 2.21. The number of nitrogens with zero attached hydrogens (tertiary/aromatic N) is 2. The first-order valence-corrected chi connectivity index (χ1v) is 7.80. The normalized spacial score (nSPS) is 11.6. The molecule has 1 heterocycles. The molecule has 0 unspecified atom stereocenters. The molecule has 0 aliphatic carbocycles. The third kappa shape index (κ3) is 3.22. The Balaban J connectivity index is 2.38. The number of anilines is 1. The van der Waals surface area contributed by atoms with Crippen molar-refractivity contribution in [1.29, 1.82) is 0 Å². The van der Waals surface area contributed by atoms with E-state index in [0.29, 0.717) is 23.4 Å². The lowest BCUT2D eigenvalue weighted by molar-refractivity contribution is 0.281. The van der Waals surface area contributed by atoms with Gasteiger partial charge in [-0.05, 0) is 24.1 Å². The summed E-state index contributed by atoms with van der Waals surface area (Å²) in [5, 5.41) is 13.0. The molecule has 1 aromatic heterocycles. The Morgan fingerprint density at radius 3 is 2.71 bits per heavy atom. The van der Waals surface area contributed by atoms with E-state index in [-0.39, 0.29) is 6.61 Å². The minimum atomic E-state index is -4.05. The van der Waals surface area contributed by atoms with Crippen LogP contribution >= 0.6 is 0 Å². The van der Waals surface area contributed by atoms with Crippen LogP contribution in [0.3, 0.4) is 0 Å². The van der Waals surface area contributed by atoms with E-state index in [1.165, 1.54) is 16.9 Å². The molecule has 0 radical (unpaired) electrons. The Hall–Kier alpha value is -1.93. The Labute approximate surface area is 122 Å². The highest BCUT2D eigenvalue weighted by molar-refractivity contribution is 7.92. The van der Waals surface area contributed by atoms with Crippen molar-refractivity contribution in [3.05, 3.63) is 41.5 Å². The quantitative estimate of drug-likeness (QED) is 0.874. The molecule has 0 saturated heterocycles. The van der Waals surface area contributed by atoms with Gasteiger partial charge in [-0.15, -0.1) is 0 Å². The summed E-state index contributed by atoms with van der Waals surface area (Å²) in [6.07, 6.45) is 2.07. The van der Waals surface area contributed by atoms with E-state index in [2.05, 4.69) is 9.82 Å². The fraction of sp³-hybridized carbons (Fsp3) is 0.308. The largest absolute Gasteiger partial charge is 0.392 e. The van der Waals surface area contributed by atoms with Crippen molar-refractivity contribution < 1.29 is 17.9 Å². The van der Waals surface area contributed by atoms with Gasteiger partial charge in [0.25, 0.3) is 10.0 Å². The van der Waals surface area contributed by atoms with Gasteiger partial charge in [0, 0.05) is 13.2 Å². The second kappa shape index (κ2) is 5.82. The highest BCUT2D eigenvalue weighted by Crippen LogP contribution is 2.22. The zero-order valence-corrected chi connectivity index (χ0v) is 12.5. The zero-order chi connectivity index (χ0) is 15.6. The van der Waals surface area contributed by atoms with E-state index in [0.717, 1.165) is 12.1 Å². The van der Waals surface area contributed by atoms with E-state index in [4.69, 9.17) is 5.11 Å². The first-order chi connectivity index (χ1) is 9.87. The molecule has 1 aromatic carbocycles. The maximum absolute atomic E-state index is 13.9. The lowest BCUT2D eigenvalue weighted by Gasteiger charge is -2.09. The number of hydrogen-bond donors (Lipinski definition) is 2. The minimum Gasteiger partial charge on any atom is -0.392 e. The second-order valence-electron chi connectivity index (χ2n) is 4.55. The number of aliphatic hydroxyl groups is 1. The number of nitrogens with one attached hydrogen (secondary N) is 1. The molecule has 0 aliphatic heterocycles. The van der Waals surface area contributed by atoms with Crippen molar-refractivity contribution in [2.75, 3.05) is 4.72 Å². The van der Waals surface area contributed by atoms with Crippen molar-refractivity contribution in [3.63, 3.8) is 0 Å². The maximum Gasteiger partial charge on any atom is 0.264 e. The number of aryl methyl sites for hydroxylation is 2. The summed E-state index contributed by atoms with van der Waals surface area (Å²) in [7, 11) is -2.37. The molecule has 0 bridgehead atoms. The average molecular weight is 313 g/mol. The van der Waals surface area contributed by atoms with Gasteiger partial charge in [0.05, 0.1) is 18.0 Å². The lowest BCUT2D eigenvalue weighted by atomic mass is 10.2. The first kappa shape index (κ1) is 15.5. The van der Waals surface area contributed by atoms with Crippen LogP contribution in [0, 0.1) is 5.82 Å². The van der Waals surface area contributed by atoms with Crippen molar-refractivity contribution in [2.45, 2.75) is 24.8 Å². The second-order valence-corrected chi connectivity index (χ2v) is 6.20. The summed E-state index contributed by atoms with van der Waals surface area (Å²) in [6.45, 7) is 1.49. The third-order valence-electron chi connectivity index (χ3n) is 2.95. The van der Waals surface area contributed by atoms with Crippen LogP contribution in [0.25, 0.3) is 0 Å². The highest BCUT2D eigenvalue weighted by atomic mass is 32.2. The van der Waals surface area contributed by atoms with E-state index in [9.17, 15) is 12.8 Å². The molecule has 114 valence electrons. The van der Waals surface area contributed by atoms with Gasteiger partial charge in [-0.2, -0.15) is 5.10 Å². The Bertz CT molecular complexity index is 756. The lowest BCUT2D eigenvalue weighted by Crippen LogP contribution is -2.15. The fourth-order valence-electron chi connectivity index (χ4n) is 1.94. The van der Waals surface area contributed by atoms with Crippen LogP contribution in [0.1, 0.15) is 18.2 Å². The van der Waals surface area contributed by atoms with Crippen LogP contribution in [0.2, 0.25) is 0 Å². The monoisotopic (exact) mass is 313 g/mol. The van der Waals surface area contributed by atoms with Gasteiger partial charge in [0.2, 0.25) is 0 Å². The summed E-state index contributed by atoms with van der Waals surface area (Å²) < 4.78 is 42.2. The van der Waals surface area contributed by atoms with Gasteiger partial charge < -0.3 is 5.11 Å². The molecule has 2 aromatic rings. The molecule has 0 amide bonds. The predicted octanol–water partition coefficient (Wildman–Crippen LogP) is 1.41. The van der Waals surface area contributed by atoms with Gasteiger partial charge in [-0.25, -0.2) is 12.8 Å². The van der Waals surface area contributed by atoms with Gasteiger partial charge in [-0.3, -0.25) is 9.40 Å². The van der Waals surface area contributed by atoms with Crippen LogP contribution in [-0.2, 0) is 30.1 Å². The molecule has 0 aliphatic rings. The summed E-state index contributed by atoms with van der Waals surface area (Å²) in [6, 6.07) is 3.49. The molecule has 0 saturated carbocycles. The number of aliphatic hydroxyl groups excluding tert-OH is 1. The Kier molecular flexibility index (Phi) is 4.29. The van der Waals surface area contributed by atoms with E-state index in [1.54, 1.807) is 7.05 Å². The van der Waals surface area contributed by atoms with Crippen LogP contribution in [0.15, 0.2) is 29.3 Å². The molecule has 6 nitrogen and oxygen atoms in total. The van der Waals surface area contributed by atoms with Crippen molar-refractivity contribution in [2.24, 2.45) is 7.05 Å². The fourth-order valence-corrected chi connectivity index (χ4v) is 3.07. The van der Waals surface area contributed by atoms with Gasteiger partial charge in [0.1, 0.15) is 10.7 Å². The number of rotatable bonds is 5. The SMILES string of the molecule is CCc1nn(C)cc1NS(=O)(=O)c1ccc(CO)cc1F. The number of benzene rings is 1. The summed E-state index contributed by atoms with van der Waals surface area (Å²) in [5.74, 6) is -0.906. The van der Waals surface area contributed by atoms with Crippen LogP contribution in [-0.4, -0.2) is 23.3 Å². The molecule has 8 heteroatoms. The standard InChI is InChI=1S/C13H16FN3O3S/c1-3-11-12(7-17(2)15-11)16-21(19,20)13-5-4-9(8-18)6-10(13)14/h4-7,16,18H,3,8H2,1-2H3. The zero-order valence-electron chi connectivity index (χ0n) is 11.7. The molecule has 0 spiro atoms. The molecular weight excluding hydrogens is 297 g/mol. The van der Waals surface area contributed by atoms with Crippen LogP contribution < -0.4 is 4.72 Å². The van der Waals surface area contributed by atoms with Crippen molar-refractivity contribution >= 4 is 15.7 Å². The third-order valence-corrected chi connectivity index (χ3v) is 4.35. The predicted molar refractivity (Wildman–Crippen MR) is 75.7 cm³/mol. The Morgan fingerprint density at radius 1 is 1.43 bits per heavy atom. The molecule has 21 heavy (non-hydrogen) atoms. The van der Waals surface area contributed by atoms with E-state index >= 15 is 0 Å². The number of aromatic nitrogens is 2. The van der Waals surface area contributed by atoms with Crippen molar-refractivity contribution in [1.82, 2.24) is 9.78 Å². The molecule has 0 atom stereocenters. The van der Waals surface area contributed by atoms with Gasteiger partial charge in [0.15, 0.2) is 0 Å². The Morgan fingerprint density at radius 2 is 2.14 bits per heavy atom. The van der Waals surface area contributed by atoms with E-state index < -0.39 is 20.7 Å². The van der Waals surface area contributed by atoms with Crippen LogP contribution in [0.4, 0.5) is 10.1 Å². The first-order valence-electron chi connectivity index (χ1n) is 6.32. The maximum atomic E-state index is 13.9. The molecule has 2 rings (SSSR count). The number of halogens is 1. The topological polar surface area (TPSA) is 84.2 Å². The van der Waals surface area contributed by atoms with Crippen molar-refractivity contribution in [3.8, 4) is 0 Å². The molecule has 2 N–H and O–H groups in total. The molecular formula is C13H16FN3O3S. The smallest absolute Gasteiger partial charge is 0.264 e. The minimum absolute atomic E-state index is 0.307. The summed E-state index contributed by atoms with van der Waals surface area (Å²) in [4.78, 5) is -0.467. The van der Waals surface area contributed by atoms with E-state index in [1.807, 2.05) is 6.92 Å². The molecule has 0 fully saturated rings. The average Bonchev–Trinajstić information content (AvgIpc) is 2.77.